The Bertz CT molecular complexity index is 1340. The Hall–Kier alpha value is -3.07. The van der Waals surface area contributed by atoms with Gasteiger partial charge in [-0.3, -0.25) is 13.9 Å². The van der Waals surface area contributed by atoms with Crippen LogP contribution in [0.3, 0.4) is 0 Å². The van der Waals surface area contributed by atoms with Gasteiger partial charge in [0.2, 0.25) is 11.8 Å². The second-order valence-electron chi connectivity index (χ2n) is 8.95. The molecule has 2 amide bonds. The fourth-order valence-electron chi connectivity index (χ4n) is 4.12. The monoisotopic (exact) mass is 589 g/mol. The van der Waals surface area contributed by atoms with Crippen LogP contribution in [0.25, 0.3) is 0 Å². The largest absolute Gasteiger partial charge is 0.354 e. The zero-order valence-electron chi connectivity index (χ0n) is 22.0. The van der Waals surface area contributed by atoms with Gasteiger partial charge in [-0.05, 0) is 49.2 Å². The molecular weight excluding hydrogens is 557 g/mol. The topological polar surface area (TPSA) is 86.8 Å². The number of nitrogens with one attached hydrogen (secondary N) is 1. The summed E-state index contributed by atoms with van der Waals surface area (Å²) in [5.74, 6) is -0.883. The summed E-state index contributed by atoms with van der Waals surface area (Å²) >= 11 is 12.9. The lowest BCUT2D eigenvalue weighted by Crippen LogP contribution is -2.52. The molecule has 3 rings (SSSR count). The van der Waals surface area contributed by atoms with Gasteiger partial charge in [0, 0.05) is 28.7 Å². The van der Waals surface area contributed by atoms with E-state index in [4.69, 9.17) is 23.2 Å². The quantitative estimate of drug-likeness (QED) is 0.251. The average molecular weight is 591 g/mol. The molecule has 208 valence electrons. The molecule has 0 bridgehead atoms. The van der Waals surface area contributed by atoms with Crippen molar-refractivity contribution in [2.24, 2.45) is 0 Å². The number of para-hydroxylation sites is 1. The number of halogens is 2. The molecule has 1 unspecified atom stereocenters. The first-order chi connectivity index (χ1) is 18.7. The Morgan fingerprint density at radius 1 is 0.872 bits per heavy atom. The molecule has 39 heavy (non-hydrogen) atoms. The van der Waals surface area contributed by atoms with Gasteiger partial charge >= 0.3 is 0 Å². The number of unbranched alkanes of at least 4 members (excludes halogenated alkanes) is 1. The highest BCUT2D eigenvalue weighted by Crippen LogP contribution is 2.28. The highest BCUT2D eigenvalue weighted by molar-refractivity contribution is 7.92. The summed E-state index contributed by atoms with van der Waals surface area (Å²) in [7, 11) is -4.11. The van der Waals surface area contributed by atoms with Crippen LogP contribution in [-0.4, -0.2) is 44.3 Å². The Morgan fingerprint density at radius 3 is 2.03 bits per heavy atom. The van der Waals surface area contributed by atoms with Gasteiger partial charge in [-0.2, -0.15) is 0 Å². The molecule has 7 nitrogen and oxygen atoms in total. The van der Waals surface area contributed by atoms with Crippen molar-refractivity contribution in [2.45, 2.75) is 50.6 Å². The van der Waals surface area contributed by atoms with E-state index in [1.807, 2.05) is 6.92 Å². The molecule has 0 aromatic heterocycles. The summed E-state index contributed by atoms with van der Waals surface area (Å²) in [4.78, 5) is 28.7. The maximum absolute atomic E-state index is 14.0. The number of anilines is 1. The predicted molar refractivity (Wildman–Crippen MR) is 156 cm³/mol. The minimum Gasteiger partial charge on any atom is -0.354 e. The second-order valence-corrected chi connectivity index (χ2v) is 11.6. The predicted octanol–water partition coefficient (Wildman–Crippen LogP) is 5.91. The third-order valence-electron chi connectivity index (χ3n) is 6.26. The molecule has 0 saturated heterocycles. The Morgan fingerprint density at radius 2 is 1.46 bits per heavy atom. The Labute approximate surface area is 240 Å². The van der Waals surface area contributed by atoms with Crippen molar-refractivity contribution >= 4 is 50.7 Å². The van der Waals surface area contributed by atoms with E-state index in [1.54, 1.807) is 73.7 Å². The van der Waals surface area contributed by atoms with Gasteiger partial charge in [-0.15, -0.1) is 0 Å². The normalized spacial score (nSPS) is 12.0. The van der Waals surface area contributed by atoms with Gasteiger partial charge in [-0.25, -0.2) is 8.42 Å². The summed E-state index contributed by atoms with van der Waals surface area (Å²) in [6.07, 6.45) is 2.00. The van der Waals surface area contributed by atoms with Gasteiger partial charge in [0.15, 0.2) is 0 Å². The van der Waals surface area contributed by atoms with E-state index in [9.17, 15) is 18.0 Å². The molecule has 0 aliphatic heterocycles. The standard InChI is InChI=1S/C29H33Cl2N3O4S/c1-3-5-19-32-29(36)27(4-2)33(20-24-25(30)17-12-18-26(24)31)28(35)21-34(22-13-8-6-9-14-22)39(37,38)23-15-10-7-11-16-23/h6-18,27H,3-5,19-21H2,1-2H3,(H,32,36). The fraction of sp³-hybridized carbons (Fsp3) is 0.310. The minimum absolute atomic E-state index is 0.0479. The van der Waals surface area contributed by atoms with Crippen molar-refractivity contribution in [3.05, 3.63) is 94.5 Å². The first-order valence-corrected chi connectivity index (χ1v) is 15.0. The second kappa shape index (κ2) is 14.4. The molecule has 10 heteroatoms. The summed E-state index contributed by atoms with van der Waals surface area (Å²) < 4.78 is 28.5. The SMILES string of the molecule is CCCCNC(=O)C(CC)N(Cc1c(Cl)cccc1Cl)C(=O)CN(c1ccccc1)S(=O)(=O)c1ccccc1. The van der Waals surface area contributed by atoms with Crippen LogP contribution in [-0.2, 0) is 26.2 Å². The molecule has 0 spiro atoms. The highest BCUT2D eigenvalue weighted by atomic mass is 35.5. The van der Waals surface area contributed by atoms with E-state index in [0.29, 0.717) is 34.3 Å². The molecule has 1 atom stereocenters. The smallest absolute Gasteiger partial charge is 0.264 e. The van der Waals surface area contributed by atoms with Gasteiger partial charge in [0.25, 0.3) is 10.0 Å². The molecule has 1 N–H and O–H groups in total. The van der Waals surface area contributed by atoms with Crippen LogP contribution in [0.2, 0.25) is 10.0 Å². The van der Waals surface area contributed by atoms with Gasteiger partial charge in [-0.1, -0.05) is 85.9 Å². The maximum atomic E-state index is 14.0. The molecule has 0 fully saturated rings. The molecule has 0 heterocycles. The number of hydrogen-bond acceptors (Lipinski definition) is 4. The first kappa shape index (κ1) is 30.5. The van der Waals surface area contributed by atoms with Crippen LogP contribution in [0, 0.1) is 0 Å². The third-order valence-corrected chi connectivity index (χ3v) is 8.76. The van der Waals surface area contributed by atoms with Crippen molar-refractivity contribution in [2.75, 3.05) is 17.4 Å². The molecule has 3 aromatic rings. The number of sulfonamides is 1. The minimum atomic E-state index is -4.11. The van der Waals surface area contributed by atoms with Crippen LogP contribution in [0.5, 0.6) is 0 Å². The van der Waals surface area contributed by atoms with E-state index in [-0.39, 0.29) is 17.3 Å². The van der Waals surface area contributed by atoms with Crippen LogP contribution >= 0.6 is 23.2 Å². The fourth-order valence-corrected chi connectivity index (χ4v) is 6.07. The van der Waals surface area contributed by atoms with E-state index in [2.05, 4.69) is 5.32 Å². The van der Waals surface area contributed by atoms with Crippen molar-refractivity contribution < 1.29 is 18.0 Å². The number of carbonyl (C=O) groups is 2. The number of carbonyl (C=O) groups excluding carboxylic acids is 2. The summed E-state index contributed by atoms with van der Waals surface area (Å²) in [6.45, 7) is 3.70. The van der Waals surface area contributed by atoms with Crippen LogP contribution in [0.15, 0.2) is 83.8 Å². The summed E-state index contributed by atoms with van der Waals surface area (Å²) in [6, 6.07) is 20.5. The number of nitrogens with zero attached hydrogens (tertiary/aromatic N) is 2. The van der Waals surface area contributed by atoms with Crippen LogP contribution in [0.1, 0.15) is 38.7 Å². The van der Waals surface area contributed by atoms with Crippen molar-refractivity contribution in [1.29, 1.82) is 0 Å². The van der Waals surface area contributed by atoms with Crippen molar-refractivity contribution in [3.8, 4) is 0 Å². The van der Waals surface area contributed by atoms with E-state index >= 15 is 0 Å². The zero-order valence-corrected chi connectivity index (χ0v) is 24.3. The molecule has 0 aliphatic carbocycles. The van der Waals surface area contributed by atoms with Gasteiger partial charge in [0.05, 0.1) is 10.6 Å². The number of rotatable bonds is 13. The number of hydrogen-bond donors (Lipinski definition) is 1. The maximum Gasteiger partial charge on any atom is 0.264 e. The van der Waals surface area contributed by atoms with Crippen LogP contribution < -0.4 is 9.62 Å². The van der Waals surface area contributed by atoms with Crippen molar-refractivity contribution in [3.63, 3.8) is 0 Å². The highest BCUT2D eigenvalue weighted by Gasteiger charge is 2.34. The van der Waals surface area contributed by atoms with Gasteiger partial charge in [0.1, 0.15) is 12.6 Å². The number of amides is 2. The first-order valence-electron chi connectivity index (χ1n) is 12.8. The summed E-state index contributed by atoms with van der Waals surface area (Å²) in [5, 5.41) is 3.59. The molecule has 3 aromatic carbocycles. The zero-order chi connectivity index (χ0) is 28.4. The van der Waals surface area contributed by atoms with Gasteiger partial charge < -0.3 is 10.2 Å². The lowest BCUT2D eigenvalue weighted by Gasteiger charge is -2.33. The lowest BCUT2D eigenvalue weighted by molar-refractivity contribution is -0.140. The third kappa shape index (κ3) is 7.75. The van der Waals surface area contributed by atoms with E-state index in [0.717, 1.165) is 17.1 Å². The molecule has 0 radical (unpaired) electrons. The van der Waals surface area contributed by atoms with E-state index in [1.165, 1.54) is 17.0 Å². The van der Waals surface area contributed by atoms with Crippen LogP contribution in [0.4, 0.5) is 5.69 Å². The molecular formula is C29H33Cl2N3O4S. The van der Waals surface area contributed by atoms with Crippen molar-refractivity contribution in [1.82, 2.24) is 10.2 Å². The lowest BCUT2D eigenvalue weighted by atomic mass is 10.1. The summed E-state index contributed by atoms with van der Waals surface area (Å²) in [5.41, 5.74) is 0.803. The Balaban J connectivity index is 2.04. The molecule has 0 saturated carbocycles. The van der Waals surface area contributed by atoms with E-state index < -0.39 is 28.5 Å². The Kier molecular flexibility index (Phi) is 11.2. The number of benzene rings is 3. The average Bonchev–Trinajstić information content (AvgIpc) is 2.94. The molecule has 0 aliphatic rings.